The molecule has 0 aliphatic carbocycles. The zero-order valence-electron chi connectivity index (χ0n) is 8.77. The van der Waals surface area contributed by atoms with Gasteiger partial charge in [0.25, 0.3) is 5.69 Å². The Balaban J connectivity index is 3.40. The predicted octanol–water partition coefficient (Wildman–Crippen LogP) is 2.10. The molecule has 17 heavy (non-hydrogen) atoms. The Morgan fingerprint density at radius 3 is 2.76 bits per heavy atom. The van der Waals surface area contributed by atoms with Crippen molar-refractivity contribution in [2.24, 2.45) is 0 Å². The van der Waals surface area contributed by atoms with Gasteiger partial charge < -0.3 is 4.74 Å². The van der Waals surface area contributed by atoms with E-state index in [1.54, 1.807) is 6.07 Å². The first-order chi connectivity index (χ1) is 8.01. The van der Waals surface area contributed by atoms with Crippen molar-refractivity contribution < 1.29 is 14.5 Å². The smallest absolute Gasteiger partial charge is 0.339 e. The third kappa shape index (κ3) is 2.71. The number of nitriles is 1. The number of halogens is 1. The number of benzene rings is 1. The first-order valence-corrected chi connectivity index (χ1v) is 4.81. The zero-order valence-corrected chi connectivity index (χ0v) is 9.52. The monoisotopic (exact) mass is 254 g/mol. The molecule has 88 valence electrons. The molecule has 0 atom stereocenters. The average Bonchev–Trinajstić information content (AvgIpc) is 2.30. The minimum absolute atomic E-state index is 0.00465. The summed E-state index contributed by atoms with van der Waals surface area (Å²) in [5.41, 5.74) is -0.156. The fraction of sp³-hybridized carbons (Fsp3) is 0.200. The van der Waals surface area contributed by atoms with E-state index in [1.165, 1.54) is 13.2 Å². The molecular weight excluding hydrogens is 248 g/mol. The highest BCUT2D eigenvalue weighted by Crippen LogP contribution is 2.28. The van der Waals surface area contributed by atoms with E-state index in [0.29, 0.717) is 0 Å². The van der Waals surface area contributed by atoms with Crippen molar-refractivity contribution in [3.8, 4) is 6.07 Å². The number of nitro groups is 1. The molecule has 0 bridgehead atoms. The molecule has 7 heteroatoms. The van der Waals surface area contributed by atoms with Crippen LogP contribution in [-0.4, -0.2) is 18.0 Å². The Labute approximate surface area is 102 Å². The number of nitro benzene ring substituents is 1. The lowest BCUT2D eigenvalue weighted by Crippen LogP contribution is -2.05. The van der Waals surface area contributed by atoms with Crippen LogP contribution in [0, 0.1) is 21.4 Å². The van der Waals surface area contributed by atoms with E-state index in [2.05, 4.69) is 4.74 Å². The Morgan fingerprint density at radius 2 is 2.29 bits per heavy atom. The second kappa shape index (κ2) is 5.27. The molecule has 6 nitrogen and oxygen atoms in total. The van der Waals surface area contributed by atoms with E-state index in [9.17, 15) is 14.9 Å². The lowest BCUT2D eigenvalue weighted by atomic mass is 10.1. The van der Waals surface area contributed by atoms with E-state index in [4.69, 9.17) is 16.9 Å². The van der Waals surface area contributed by atoms with Gasteiger partial charge in [0.05, 0.1) is 35.1 Å². The molecule has 0 aliphatic rings. The minimum Gasteiger partial charge on any atom is -0.465 e. The normalized spacial score (nSPS) is 9.47. The van der Waals surface area contributed by atoms with Crippen molar-refractivity contribution in [2.75, 3.05) is 7.11 Å². The molecule has 0 aromatic heterocycles. The van der Waals surface area contributed by atoms with Crippen LogP contribution in [0.1, 0.15) is 15.9 Å². The second-order valence-electron chi connectivity index (χ2n) is 3.04. The van der Waals surface area contributed by atoms with Crippen LogP contribution in [0.3, 0.4) is 0 Å². The van der Waals surface area contributed by atoms with E-state index in [-0.39, 0.29) is 28.3 Å². The minimum atomic E-state index is -0.705. The summed E-state index contributed by atoms with van der Waals surface area (Å²) in [6.07, 6.45) is -0.183. The quantitative estimate of drug-likeness (QED) is 0.468. The highest BCUT2D eigenvalue weighted by Gasteiger charge is 2.20. The van der Waals surface area contributed by atoms with Crippen LogP contribution in [0.4, 0.5) is 5.69 Å². The molecule has 0 amide bonds. The van der Waals surface area contributed by atoms with Crippen LogP contribution >= 0.6 is 11.6 Å². The first-order valence-electron chi connectivity index (χ1n) is 4.43. The topological polar surface area (TPSA) is 93.2 Å². The van der Waals surface area contributed by atoms with Crippen molar-refractivity contribution >= 4 is 23.3 Å². The van der Waals surface area contributed by atoms with Gasteiger partial charge in [-0.25, -0.2) is 4.79 Å². The number of carbonyl (C=O) groups excluding carboxylic acids is 1. The summed E-state index contributed by atoms with van der Waals surface area (Å²) in [5.74, 6) is -0.705. The summed E-state index contributed by atoms with van der Waals surface area (Å²) < 4.78 is 4.47. The molecular formula is C10H7ClN2O4. The Morgan fingerprint density at radius 1 is 1.65 bits per heavy atom. The number of hydrogen-bond donors (Lipinski definition) is 0. The maximum absolute atomic E-state index is 11.3. The van der Waals surface area contributed by atoms with Crippen LogP contribution < -0.4 is 0 Å². The first kappa shape index (κ1) is 12.9. The third-order valence-corrected chi connectivity index (χ3v) is 2.35. The van der Waals surface area contributed by atoms with Crippen LogP contribution in [0.2, 0.25) is 5.02 Å². The van der Waals surface area contributed by atoms with E-state index < -0.39 is 10.9 Å². The number of ether oxygens (including phenoxy) is 1. The maximum atomic E-state index is 11.3. The number of esters is 1. The molecule has 0 spiro atoms. The molecule has 1 rings (SSSR count). The molecule has 0 saturated carbocycles. The highest BCUT2D eigenvalue weighted by molar-refractivity contribution is 6.33. The standard InChI is InChI=1S/C10H7ClN2O4/c1-17-10(14)7-4-6(2-3-12)9(13(15)16)5-8(7)11/h4-5H,2H2,1H3. The van der Waals surface area contributed by atoms with Gasteiger partial charge in [-0.15, -0.1) is 0 Å². The van der Waals surface area contributed by atoms with Crippen molar-refractivity contribution in [3.05, 3.63) is 38.4 Å². The summed E-state index contributed by atoms with van der Waals surface area (Å²) in [6, 6.07) is 4.03. The maximum Gasteiger partial charge on any atom is 0.339 e. The lowest BCUT2D eigenvalue weighted by Gasteiger charge is -2.05. The summed E-state index contributed by atoms with van der Waals surface area (Å²) in [5, 5.41) is 19.2. The van der Waals surface area contributed by atoms with Crippen LogP contribution in [0.5, 0.6) is 0 Å². The van der Waals surface area contributed by atoms with Gasteiger partial charge in [0, 0.05) is 11.6 Å². The molecule has 0 radical (unpaired) electrons. The van der Waals surface area contributed by atoms with E-state index >= 15 is 0 Å². The van der Waals surface area contributed by atoms with Crippen LogP contribution in [0.25, 0.3) is 0 Å². The van der Waals surface area contributed by atoms with Gasteiger partial charge in [-0.2, -0.15) is 5.26 Å². The van der Waals surface area contributed by atoms with Gasteiger partial charge in [-0.1, -0.05) is 11.6 Å². The van der Waals surface area contributed by atoms with Gasteiger partial charge in [-0.05, 0) is 6.07 Å². The van der Waals surface area contributed by atoms with Crippen molar-refractivity contribution in [1.82, 2.24) is 0 Å². The Kier molecular flexibility index (Phi) is 4.01. The summed E-state index contributed by atoms with van der Waals surface area (Å²) in [4.78, 5) is 21.4. The number of rotatable bonds is 3. The largest absolute Gasteiger partial charge is 0.465 e. The molecule has 0 heterocycles. The van der Waals surface area contributed by atoms with Crippen molar-refractivity contribution in [3.63, 3.8) is 0 Å². The van der Waals surface area contributed by atoms with Crippen molar-refractivity contribution in [1.29, 1.82) is 5.26 Å². The van der Waals surface area contributed by atoms with E-state index in [0.717, 1.165) is 6.07 Å². The molecule has 0 N–H and O–H groups in total. The summed E-state index contributed by atoms with van der Waals surface area (Å²) >= 11 is 5.73. The molecule has 0 unspecified atom stereocenters. The molecule has 0 aliphatic heterocycles. The van der Waals surface area contributed by atoms with Gasteiger partial charge in [0.2, 0.25) is 0 Å². The Hall–Kier alpha value is -2.13. The van der Waals surface area contributed by atoms with Gasteiger partial charge in [0.1, 0.15) is 0 Å². The fourth-order valence-electron chi connectivity index (χ4n) is 1.27. The predicted molar refractivity (Wildman–Crippen MR) is 58.8 cm³/mol. The van der Waals surface area contributed by atoms with Crippen molar-refractivity contribution in [2.45, 2.75) is 6.42 Å². The molecule has 1 aromatic carbocycles. The highest BCUT2D eigenvalue weighted by atomic mass is 35.5. The van der Waals surface area contributed by atoms with Crippen LogP contribution in [-0.2, 0) is 11.2 Å². The van der Waals surface area contributed by atoms with Gasteiger partial charge >= 0.3 is 5.97 Å². The summed E-state index contributed by atoms with van der Waals surface area (Å²) in [6.45, 7) is 0. The SMILES string of the molecule is COC(=O)c1cc(CC#N)c([N+](=O)[O-])cc1Cl. The lowest BCUT2D eigenvalue weighted by molar-refractivity contribution is -0.385. The molecule has 0 fully saturated rings. The molecule has 0 saturated heterocycles. The Bertz CT molecular complexity index is 522. The van der Waals surface area contributed by atoms with Gasteiger partial charge in [0.15, 0.2) is 0 Å². The number of nitrogens with zero attached hydrogens (tertiary/aromatic N) is 2. The fourth-order valence-corrected chi connectivity index (χ4v) is 1.51. The number of methoxy groups -OCH3 is 1. The van der Waals surface area contributed by atoms with Crippen LogP contribution in [0.15, 0.2) is 12.1 Å². The van der Waals surface area contributed by atoms with E-state index in [1.807, 2.05) is 0 Å². The molecule has 1 aromatic rings. The summed E-state index contributed by atoms with van der Waals surface area (Å²) in [7, 11) is 1.17. The second-order valence-corrected chi connectivity index (χ2v) is 3.45. The van der Waals surface area contributed by atoms with Gasteiger partial charge in [-0.3, -0.25) is 10.1 Å². The number of hydrogen-bond acceptors (Lipinski definition) is 5. The average molecular weight is 255 g/mol. The third-order valence-electron chi connectivity index (χ3n) is 2.04. The number of carbonyl (C=O) groups is 1. The zero-order chi connectivity index (χ0) is 13.0.